The number of hydrogen-bond donors (Lipinski definition) is 0. The Hall–Kier alpha value is -2.04. The van der Waals surface area contributed by atoms with Crippen LogP contribution in [0.3, 0.4) is 0 Å². The van der Waals surface area contributed by atoms with Gasteiger partial charge in [0.2, 0.25) is 0 Å². The molecule has 0 saturated carbocycles. The minimum atomic E-state index is 0.541. The Morgan fingerprint density at radius 3 is 1.21 bits per heavy atom. The van der Waals surface area contributed by atoms with Gasteiger partial charge in [0, 0.05) is 0 Å². The van der Waals surface area contributed by atoms with Crippen LogP contribution in [0.1, 0.15) is 11.1 Å². The average Bonchev–Trinajstić information content (AvgIpc) is 2.60. The third-order valence-electron chi connectivity index (χ3n) is 3.41. The van der Waals surface area contributed by atoms with Crippen LogP contribution in [0.5, 0.6) is 11.5 Å². The highest BCUT2D eigenvalue weighted by atomic mass is 16.6. The Kier molecular flexibility index (Phi) is 8.15. The Bertz CT molecular complexity index is 510. The molecule has 24 heavy (non-hydrogen) atoms. The van der Waals surface area contributed by atoms with Gasteiger partial charge in [-0.2, -0.15) is 0 Å². The fourth-order valence-electron chi connectivity index (χ4n) is 2.03. The Balaban J connectivity index is 1.40. The molecule has 0 N–H and O–H groups in total. The van der Waals surface area contributed by atoms with Crippen molar-refractivity contribution < 1.29 is 18.9 Å². The van der Waals surface area contributed by atoms with E-state index in [4.69, 9.17) is 18.9 Å². The van der Waals surface area contributed by atoms with Gasteiger partial charge in [-0.15, -0.1) is 0 Å². The molecule has 4 nitrogen and oxygen atoms in total. The van der Waals surface area contributed by atoms with Crippen LogP contribution in [0.15, 0.2) is 48.5 Å². The van der Waals surface area contributed by atoms with E-state index in [2.05, 4.69) is 13.8 Å². The first-order valence-corrected chi connectivity index (χ1v) is 8.28. The van der Waals surface area contributed by atoms with E-state index in [1.165, 1.54) is 11.1 Å². The first kappa shape index (κ1) is 18.3. The topological polar surface area (TPSA) is 36.9 Å². The molecular formula is C20H26O4. The molecule has 0 radical (unpaired) electrons. The van der Waals surface area contributed by atoms with E-state index in [1.54, 1.807) is 0 Å². The lowest BCUT2D eigenvalue weighted by atomic mass is 10.2. The van der Waals surface area contributed by atoms with Crippen LogP contribution in [0.4, 0.5) is 0 Å². The van der Waals surface area contributed by atoms with Gasteiger partial charge in [0.1, 0.15) is 24.7 Å². The first-order valence-electron chi connectivity index (χ1n) is 8.28. The average molecular weight is 330 g/mol. The molecule has 2 aromatic rings. The summed E-state index contributed by atoms with van der Waals surface area (Å²) in [6.45, 7) is 7.41. The fraction of sp³-hybridized carbons (Fsp3) is 0.400. The maximum atomic E-state index is 5.58. The van der Waals surface area contributed by atoms with E-state index in [0.29, 0.717) is 39.6 Å². The standard InChI is InChI=1S/C20H26O4/c1-17-3-7-19(8-4-17)23-15-13-21-11-12-22-14-16-24-20-9-5-18(2)6-10-20/h3-10H,11-16H2,1-2H3. The number of aryl methyl sites for hydroxylation is 2. The molecule has 0 atom stereocenters. The lowest BCUT2D eigenvalue weighted by molar-refractivity contribution is 0.0273. The van der Waals surface area contributed by atoms with E-state index in [0.717, 1.165) is 11.5 Å². The third-order valence-corrected chi connectivity index (χ3v) is 3.41. The molecular weight excluding hydrogens is 304 g/mol. The van der Waals surface area contributed by atoms with E-state index in [1.807, 2.05) is 48.5 Å². The number of ether oxygens (including phenoxy) is 4. The van der Waals surface area contributed by atoms with Gasteiger partial charge in [-0.05, 0) is 38.1 Å². The molecule has 0 fully saturated rings. The molecule has 0 aromatic heterocycles. The van der Waals surface area contributed by atoms with Crippen LogP contribution in [0.25, 0.3) is 0 Å². The summed E-state index contributed by atoms with van der Waals surface area (Å²) in [5.41, 5.74) is 2.45. The monoisotopic (exact) mass is 330 g/mol. The summed E-state index contributed by atoms with van der Waals surface area (Å²) < 4.78 is 22.1. The summed E-state index contributed by atoms with van der Waals surface area (Å²) >= 11 is 0. The van der Waals surface area contributed by atoms with Crippen LogP contribution < -0.4 is 9.47 Å². The minimum absolute atomic E-state index is 0.541. The highest BCUT2D eigenvalue weighted by molar-refractivity contribution is 5.26. The molecule has 4 heteroatoms. The summed E-state index contributed by atoms with van der Waals surface area (Å²) in [6.07, 6.45) is 0. The summed E-state index contributed by atoms with van der Waals surface area (Å²) in [4.78, 5) is 0. The number of hydrogen-bond acceptors (Lipinski definition) is 4. The maximum absolute atomic E-state index is 5.58. The lowest BCUT2D eigenvalue weighted by Gasteiger charge is -2.09. The largest absolute Gasteiger partial charge is 0.491 e. The molecule has 0 aliphatic rings. The van der Waals surface area contributed by atoms with Crippen molar-refractivity contribution in [2.24, 2.45) is 0 Å². The molecule has 0 spiro atoms. The van der Waals surface area contributed by atoms with E-state index in [9.17, 15) is 0 Å². The van der Waals surface area contributed by atoms with Crippen molar-refractivity contribution in [2.45, 2.75) is 13.8 Å². The SMILES string of the molecule is Cc1ccc(OCCOCCOCCOc2ccc(C)cc2)cc1. The van der Waals surface area contributed by atoms with E-state index < -0.39 is 0 Å². The first-order chi connectivity index (χ1) is 11.7. The highest BCUT2D eigenvalue weighted by Crippen LogP contribution is 2.11. The van der Waals surface area contributed by atoms with Gasteiger partial charge in [-0.1, -0.05) is 35.4 Å². The second-order valence-corrected chi connectivity index (χ2v) is 5.55. The minimum Gasteiger partial charge on any atom is -0.491 e. The fourth-order valence-corrected chi connectivity index (χ4v) is 2.03. The van der Waals surface area contributed by atoms with Crippen molar-refractivity contribution in [1.29, 1.82) is 0 Å². The quantitative estimate of drug-likeness (QED) is 0.587. The summed E-state index contributed by atoms with van der Waals surface area (Å²) in [6, 6.07) is 16.0. The Labute approximate surface area is 144 Å². The highest BCUT2D eigenvalue weighted by Gasteiger charge is 1.96. The van der Waals surface area contributed by atoms with Crippen LogP contribution in [0, 0.1) is 13.8 Å². The van der Waals surface area contributed by atoms with Crippen molar-refractivity contribution in [3.05, 3.63) is 59.7 Å². The molecule has 2 aromatic carbocycles. The third kappa shape index (κ3) is 7.49. The summed E-state index contributed by atoms with van der Waals surface area (Å²) in [5.74, 6) is 1.74. The van der Waals surface area contributed by atoms with Crippen LogP contribution >= 0.6 is 0 Å². The van der Waals surface area contributed by atoms with Crippen molar-refractivity contribution in [3.8, 4) is 11.5 Å². The van der Waals surface area contributed by atoms with Crippen LogP contribution in [0.2, 0.25) is 0 Å². The van der Waals surface area contributed by atoms with Crippen molar-refractivity contribution in [1.82, 2.24) is 0 Å². The van der Waals surface area contributed by atoms with Crippen molar-refractivity contribution in [3.63, 3.8) is 0 Å². The van der Waals surface area contributed by atoms with Gasteiger partial charge >= 0.3 is 0 Å². The van der Waals surface area contributed by atoms with Crippen LogP contribution in [-0.2, 0) is 9.47 Å². The lowest BCUT2D eigenvalue weighted by Crippen LogP contribution is -2.13. The summed E-state index contributed by atoms with van der Waals surface area (Å²) in [5, 5.41) is 0. The zero-order chi connectivity index (χ0) is 17.0. The molecule has 0 aliphatic carbocycles. The predicted octanol–water partition coefficient (Wildman–Crippen LogP) is 3.79. The van der Waals surface area contributed by atoms with Crippen LogP contribution in [-0.4, -0.2) is 39.6 Å². The molecule has 0 bridgehead atoms. The molecule has 0 unspecified atom stereocenters. The predicted molar refractivity (Wildman–Crippen MR) is 95.0 cm³/mol. The van der Waals surface area contributed by atoms with Gasteiger partial charge in [0.25, 0.3) is 0 Å². The van der Waals surface area contributed by atoms with E-state index in [-0.39, 0.29) is 0 Å². The number of rotatable bonds is 11. The Morgan fingerprint density at radius 1 is 0.500 bits per heavy atom. The molecule has 0 aliphatic heterocycles. The molecule has 0 amide bonds. The second-order valence-electron chi connectivity index (χ2n) is 5.55. The van der Waals surface area contributed by atoms with Gasteiger partial charge in [-0.25, -0.2) is 0 Å². The smallest absolute Gasteiger partial charge is 0.119 e. The zero-order valence-corrected chi connectivity index (χ0v) is 14.5. The maximum Gasteiger partial charge on any atom is 0.119 e. The molecule has 130 valence electrons. The molecule has 2 rings (SSSR count). The number of benzene rings is 2. The van der Waals surface area contributed by atoms with Gasteiger partial charge in [0.05, 0.1) is 26.4 Å². The van der Waals surface area contributed by atoms with Gasteiger partial charge in [-0.3, -0.25) is 0 Å². The zero-order valence-electron chi connectivity index (χ0n) is 14.5. The molecule has 0 saturated heterocycles. The summed E-state index contributed by atoms with van der Waals surface area (Å²) in [7, 11) is 0. The van der Waals surface area contributed by atoms with Crippen molar-refractivity contribution >= 4 is 0 Å². The second kappa shape index (κ2) is 10.7. The van der Waals surface area contributed by atoms with Crippen molar-refractivity contribution in [2.75, 3.05) is 39.6 Å². The normalized spacial score (nSPS) is 10.6. The van der Waals surface area contributed by atoms with Gasteiger partial charge in [0.15, 0.2) is 0 Å². The van der Waals surface area contributed by atoms with Gasteiger partial charge < -0.3 is 18.9 Å². The molecule has 0 heterocycles. The van der Waals surface area contributed by atoms with E-state index >= 15 is 0 Å². The Morgan fingerprint density at radius 2 is 0.833 bits per heavy atom.